The minimum absolute atomic E-state index is 0. The molecular formula is C44H37NO2P2PdS3. The number of sulfonamides is 1. The first-order chi connectivity index (χ1) is 25.3. The summed E-state index contributed by atoms with van der Waals surface area (Å²) in [5.41, 5.74) is 0.977. The molecule has 0 fully saturated rings. The molecule has 0 radical (unpaired) electrons. The van der Waals surface area contributed by atoms with Crippen molar-refractivity contribution in [2.45, 2.75) is 11.8 Å². The number of benzene rings is 7. The molecule has 53 heavy (non-hydrogen) atoms. The van der Waals surface area contributed by atoms with Gasteiger partial charge in [0.2, 0.25) is 0 Å². The Balaban J connectivity index is 0.000000179. The van der Waals surface area contributed by atoms with Gasteiger partial charge in [0.25, 0.3) is 10.0 Å². The molecule has 0 aliphatic carbocycles. The summed E-state index contributed by atoms with van der Waals surface area (Å²) in [4.78, 5) is 0.107. The van der Waals surface area contributed by atoms with Gasteiger partial charge in [-0.25, -0.2) is 8.77 Å². The van der Waals surface area contributed by atoms with Crippen LogP contribution in [0.25, 0.3) is 0 Å². The van der Waals surface area contributed by atoms with Crippen molar-refractivity contribution in [1.82, 2.24) is 0 Å². The summed E-state index contributed by atoms with van der Waals surface area (Å²) in [5.74, 6) is 0. The van der Waals surface area contributed by atoms with Crippen LogP contribution in [-0.4, -0.2) is 12.8 Å². The molecule has 0 saturated heterocycles. The van der Waals surface area contributed by atoms with Crippen molar-refractivity contribution < 1.29 is 28.8 Å². The smallest absolute Gasteiger partial charge is 0.788 e. The van der Waals surface area contributed by atoms with Gasteiger partial charge in [0, 0.05) is 0 Å². The van der Waals surface area contributed by atoms with Gasteiger partial charge in [0.05, 0.1) is 4.90 Å². The Bertz CT molecular complexity index is 1910. The van der Waals surface area contributed by atoms with Crippen molar-refractivity contribution in [1.29, 1.82) is 0 Å². The summed E-state index contributed by atoms with van der Waals surface area (Å²) in [5, 5.41) is 8.39. The zero-order chi connectivity index (χ0) is 36.6. The number of hydrogen-bond acceptors (Lipinski definition) is 4. The van der Waals surface area contributed by atoms with Gasteiger partial charge in [-0.1, -0.05) is 200 Å². The SMILES string of the molecule is Cc1ccc(S(=O)(=O)N=C([S-])[S-])cc1.[Pd+2].c1ccc(P(c2ccccc2)c2ccccc2)cc1.c1ccc(P(c2ccccc2)c2ccccc2)cc1. The Morgan fingerprint density at radius 2 is 0.642 bits per heavy atom. The van der Waals surface area contributed by atoms with Crippen LogP contribution in [0.2, 0.25) is 0 Å². The van der Waals surface area contributed by atoms with Gasteiger partial charge >= 0.3 is 20.4 Å². The van der Waals surface area contributed by atoms with E-state index in [-0.39, 0.29) is 29.7 Å². The predicted molar refractivity (Wildman–Crippen MR) is 231 cm³/mol. The third kappa shape index (κ3) is 12.9. The van der Waals surface area contributed by atoms with E-state index >= 15 is 0 Å². The maximum Gasteiger partial charge on any atom is 2.00 e. The number of nitrogens with zero attached hydrogens (tertiary/aromatic N) is 1. The molecule has 0 N–H and O–H groups in total. The summed E-state index contributed by atoms with van der Waals surface area (Å²) in [6.45, 7) is 1.87. The van der Waals surface area contributed by atoms with Crippen LogP contribution in [0, 0.1) is 6.92 Å². The molecule has 0 bridgehead atoms. The zero-order valence-corrected chi connectivity index (χ0v) is 34.6. The Labute approximate surface area is 341 Å². The summed E-state index contributed by atoms with van der Waals surface area (Å²) >= 11 is 8.88. The minimum Gasteiger partial charge on any atom is -0.788 e. The van der Waals surface area contributed by atoms with E-state index in [4.69, 9.17) is 0 Å². The van der Waals surface area contributed by atoms with Gasteiger partial charge in [0.15, 0.2) is 0 Å². The second-order valence-electron chi connectivity index (χ2n) is 11.3. The normalized spacial score (nSPS) is 10.5. The number of rotatable bonds is 8. The van der Waals surface area contributed by atoms with E-state index in [0.717, 1.165) is 5.56 Å². The molecule has 0 unspecified atom stereocenters. The van der Waals surface area contributed by atoms with Crippen LogP contribution in [0.3, 0.4) is 0 Å². The monoisotopic (exact) mass is 875 g/mol. The van der Waals surface area contributed by atoms with Crippen molar-refractivity contribution in [2.24, 2.45) is 4.40 Å². The maximum atomic E-state index is 11.4. The van der Waals surface area contributed by atoms with E-state index in [1.165, 1.54) is 44.0 Å². The summed E-state index contributed by atoms with van der Waals surface area (Å²) < 4.78 is 25.8. The van der Waals surface area contributed by atoms with Crippen molar-refractivity contribution >= 4 is 87.3 Å². The first-order valence-electron chi connectivity index (χ1n) is 16.5. The van der Waals surface area contributed by atoms with Crippen molar-refractivity contribution in [3.8, 4) is 0 Å². The largest absolute Gasteiger partial charge is 2.00 e. The molecule has 0 atom stereocenters. The first kappa shape index (κ1) is 41.9. The van der Waals surface area contributed by atoms with Gasteiger partial charge in [-0.3, -0.25) is 0 Å². The molecule has 0 heterocycles. The molecule has 0 spiro atoms. The fourth-order valence-electron chi connectivity index (χ4n) is 5.22. The second-order valence-corrected chi connectivity index (χ2v) is 18.4. The fourth-order valence-corrected chi connectivity index (χ4v) is 11.2. The van der Waals surface area contributed by atoms with E-state index in [2.05, 4.69) is 212 Å². The average Bonchev–Trinajstić information content (AvgIpc) is 3.18. The van der Waals surface area contributed by atoms with Gasteiger partial charge in [-0.05, 0) is 66.7 Å². The second kappa shape index (κ2) is 21.7. The van der Waals surface area contributed by atoms with E-state index in [0.29, 0.717) is 0 Å². The Morgan fingerprint density at radius 1 is 0.415 bits per heavy atom. The molecule has 0 aliphatic rings. The topological polar surface area (TPSA) is 46.5 Å². The van der Waals surface area contributed by atoms with Gasteiger partial charge in [-0.2, -0.15) is 8.42 Å². The average molecular weight is 876 g/mol. The maximum absolute atomic E-state index is 11.4. The summed E-state index contributed by atoms with van der Waals surface area (Å²) in [6.07, 6.45) is 0. The molecule has 7 rings (SSSR count). The van der Waals surface area contributed by atoms with Crippen molar-refractivity contribution in [3.05, 3.63) is 212 Å². The standard InChI is InChI=1S/2C18H15P.C8H9NO2S3.Pd/c2*1-4-10-16(11-5-1)19(17-12-6-2-7-13-17)18-14-8-3-9-15-18;1-6-2-4-7(5-3-6)14(10,11)9-8(12)13;/h2*1-15H;2-5H,1H3,(H2,9,12,13);/q;;;+2/p-2. The van der Waals surface area contributed by atoms with Crippen molar-refractivity contribution in [2.75, 3.05) is 0 Å². The molecule has 7 aromatic carbocycles. The third-order valence-electron chi connectivity index (χ3n) is 7.60. The predicted octanol–water partition coefficient (Wildman–Crippen LogP) is 8.02. The molecule has 0 amide bonds. The molecule has 0 aromatic heterocycles. The molecule has 0 saturated carbocycles. The van der Waals surface area contributed by atoms with Crippen LogP contribution in [0.4, 0.5) is 0 Å². The molecular weight excluding hydrogens is 839 g/mol. The van der Waals surface area contributed by atoms with Crippen LogP contribution < -0.4 is 31.8 Å². The van der Waals surface area contributed by atoms with Gasteiger partial charge in [-0.15, -0.1) is 0 Å². The van der Waals surface area contributed by atoms with E-state index in [1.54, 1.807) is 12.1 Å². The summed E-state index contributed by atoms with van der Waals surface area (Å²) in [6, 6.07) is 71.0. The summed E-state index contributed by atoms with van der Waals surface area (Å²) in [7, 11) is -4.59. The van der Waals surface area contributed by atoms with Crippen molar-refractivity contribution in [3.63, 3.8) is 0 Å². The minimum atomic E-state index is -3.70. The van der Waals surface area contributed by atoms with E-state index < -0.39 is 25.9 Å². The van der Waals surface area contributed by atoms with E-state index in [9.17, 15) is 8.42 Å². The Hall–Kier alpha value is -3.88. The van der Waals surface area contributed by atoms with Crippen LogP contribution in [0.15, 0.2) is 216 Å². The van der Waals surface area contributed by atoms with Crippen LogP contribution in [0.5, 0.6) is 0 Å². The number of aryl methyl sites for hydroxylation is 1. The van der Waals surface area contributed by atoms with Crippen LogP contribution in [0.1, 0.15) is 5.56 Å². The Kier molecular flexibility index (Phi) is 17.2. The quantitative estimate of drug-likeness (QED) is 0.0511. The third-order valence-corrected chi connectivity index (χ3v) is 14.2. The molecule has 9 heteroatoms. The van der Waals surface area contributed by atoms with Gasteiger partial charge in [0.1, 0.15) is 0 Å². The van der Waals surface area contributed by atoms with Crippen LogP contribution >= 0.6 is 15.8 Å². The van der Waals surface area contributed by atoms with E-state index in [1.807, 2.05) is 6.92 Å². The van der Waals surface area contributed by atoms with Gasteiger partial charge < -0.3 is 25.3 Å². The fraction of sp³-hybridized carbons (Fsp3) is 0.0227. The molecule has 3 nitrogen and oxygen atoms in total. The molecule has 268 valence electrons. The molecule has 0 aliphatic heterocycles. The molecule has 7 aromatic rings. The van der Waals surface area contributed by atoms with Crippen LogP contribution in [-0.2, 0) is 55.7 Å². The Morgan fingerprint density at radius 3 is 0.849 bits per heavy atom. The number of hydrogen-bond donors (Lipinski definition) is 0. The first-order valence-corrected chi connectivity index (χ1v) is 21.4. The zero-order valence-electron chi connectivity index (χ0n) is 28.8.